The van der Waals surface area contributed by atoms with Crippen molar-refractivity contribution in [3.05, 3.63) is 57.8 Å². The van der Waals surface area contributed by atoms with Gasteiger partial charge in [0.05, 0.1) is 13.2 Å². The fourth-order valence-electron chi connectivity index (χ4n) is 3.60. The maximum absolute atomic E-state index is 13.1. The van der Waals surface area contributed by atoms with E-state index in [2.05, 4.69) is 23.6 Å². The number of amides is 1. The zero-order chi connectivity index (χ0) is 15.9. The molecular formula is C18H20N2O2S. The molecule has 1 aliphatic heterocycles. The SMILES string of the molecule is NC1(C(=O)N2CCOC(c3ccsc3)C2)Cc2ccccc2C1. The Morgan fingerprint density at radius 2 is 2.00 bits per heavy atom. The Balaban J connectivity index is 1.51. The molecule has 120 valence electrons. The first-order chi connectivity index (χ1) is 11.2. The molecule has 1 fully saturated rings. The quantitative estimate of drug-likeness (QED) is 0.919. The molecule has 1 atom stereocenters. The van der Waals surface area contributed by atoms with E-state index >= 15 is 0 Å². The molecule has 0 radical (unpaired) electrons. The zero-order valence-corrected chi connectivity index (χ0v) is 13.7. The normalized spacial score (nSPS) is 22.8. The van der Waals surface area contributed by atoms with E-state index in [1.807, 2.05) is 22.4 Å². The van der Waals surface area contributed by atoms with Gasteiger partial charge in [0.15, 0.2) is 0 Å². The van der Waals surface area contributed by atoms with Crippen molar-refractivity contribution in [2.24, 2.45) is 5.73 Å². The molecule has 4 rings (SSSR count). The molecule has 1 saturated heterocycles. The van der Waals surface area contributed by atoms with Gasteiger partial charge in [0.2, 0.25) is 5.91 Å². The van der Waals surface area contributed by atoms with Crippen LogP contribution in [-0.2, 0) is 22.4 Å². The van der Waals surface area contributed by atoms with Crippen molar-refractivity contribution in [3.8, 4) is 0 Å². The number of carbonyl (C=O) groups is 1. The zero-order valence-electron chi connectivity index (χ0n) is 12.9. The highest BCUT2D eigenvalue weighted by Crippen LogP contribution is 2.31. The van der Waals surface area contributed by atoms with Crippen LogP contribution in [0, 0.1) is 0 Å². The third-order valence-corrected chi connectivity index (χ3v) is 5.53. The van der Waals surface area contributed by atoms with Crippen LogP contribution in [0.15, 0.2) is 41.1 Å². The number of fused-ring (bicyclic) bond motifs is 1. The van der Waals surface area contributed by atoms with E-state index in [0.717, 1.165) is 5.56 Å². The highest BCUT2D eigenvalue weighted by atomic mass is 32.1. The van der Waals surface area contributed by atoms with E-state index < -0.39 is 5.54 Å². The second kappa shape index (κ2) is 5.74. The van der Waals surface area contributed by atoms with E-state index in [-0.39, 0.29) is 12.0 Å². The minimum Gasteiger partial charge on any atom is -0.370 e. The van der Waals surface area contributed by atoms with Crippen molar-refractivity contribution in [2.75, 3.05) is 19.7 Å². The van der Waals surface area contributed by atoms with Gasteiger partial charge < -0.3 is 15.4 Å². The Morgan fingerprint density at radius 1 is 1.26 bits per heavy atom. The second-order valence-corrected chi connectivity index (χ2v) is 7.23. The molecule has 5 heteroatoms. The number of nitrogens with two attached hydrogens (primary N) is 1. The smallest absolute Gasteiger partial charge is 0.243 e. The van der Waals surface area contributed by atoms with Crippen molar-refractivity contribution < 1.29 is 9.53 Å². The monoisotopic (exact) mass is 328 g/mol. The number of benzene rings is 1. The summed E-state index contributed by atoms with van der Waals surface area (Å²) in [4.78, 5) is 14.9. The Labute approximate surface area is 139 Å². The molecule has 23 heavy (non-hydrogen) atoms. The maximum Gasteiger partial charge on any atom is 0.243 e. The van der Waals surface area contributed by atoms with E-state index in [1.165, 1.54) is 11.1 Å². The van der Waals surface area contributed by atoms with Crippen molar-refractivity contribution in [3.63, 3.8) is 0 Å². The molecule has 1 aliphatic carbocycles. The number of thiophene rings is 1. The third kappa shape index (κ3) is 2.69. The number of hydrogen-bond acceptors (Lipinski definition) is 4. The number of rotatable bonds is 2. The summed E-state index contributed by atoms with van der Waals surface area (Å²) < 4.78 is 5.83. The largest absolute Gasteiger partial charge is 0.370 e. The molecule has 2 heterocycles. The molecule has 0 spiro atoms. The van der Waals surface area contributed by atoms with E-state index in [4.69, 9.17) is 10.5 Å². The van der Waals surface area contributed by atoms with Crippen LogP contribution in [0.4, 0.5) is 0 Å². The molecule has 2 N–H and O–H groups in total. The standard InChI is InChI=1S/C18H20N2O2S/c19-18(9-13-3-1-2-4-14(13)10-18)17(21)20-6-7-22-16(11-20)15-5-8-23-12-15/h1-5,8,12,16H,6-7,9-11,19H2. The Morgan fingerprint density at radius 3 is 2.65 bits per heavy atom. The molecule has 1 aromatic heterocycles. The van der Waals surface area contributed by atoms with Gasteiger partial charge in [-0.05, 0) is 46.4 Å². The van der Waals surface area contributed by atoms with Gasteiger partial charge in [0, 0.05) is 6.54 Å². The summed E-state index contributed by atoms with van der Waals surface area (Å²) in [5.74, 6) is 0.0530. The molecule has 1 aromatic carbocycles. The van der Waals surface area contributed by atoms with Crippen molar-refractivity contribution in [2.45, 2.75) is 24.5 Å². The highest BCUT2D eigenvalue weighted by molar-refractivity contribution is 7.07. The van der Waals surface area contributed by atoms with Crippen LogP contribution < -0.4 is 5.73 Å². The van der Waals surface area contributed by atoms with Gasteiger partial charge in [-0.3, -0.25) is 4.79 Å². The van der Waals surface area contributed by atoms with Crippen LogP contribution in [0.5, 0.6) is 0 Å². The third-order valence-electron chi connectivity index (χ3n) is 4.82. The molecule has 0 saturated carbocycles. The number of morpholine rings is 1. The van der Waals surface area contributed by atoms with Gasteiger partial charge >= 0.3 is 0 Å². The minimum absolute atomic E-state index is 0.0358. The van der Waals surface area contributed by atoms with Crippen molar-refractivity contribution in [1.29, 1.82) is 0 Å². The van der Waals surface area contributed by atoms with Gasteiger partial charge in [-0.2, -0.15) is 11.3 Å². The summed E-state index contributed by atoms with van der Waals surface area (Å²) in [7, 11) is 0. The van der Waals surface area contributed by atoms with Crippen molar-refractivity contribution in [1.82, 2.24) is 4.90 Å². The van der Waals surface area contributed by atoms with Gasteiger partial charge in [-0.15, -0.1) is 0 Å². The molecule has 0 bridgehead atoms. The number of ether oxygens (including phenoxy) is 1. The topological polar surface area (TPSA) is 55.6 Å². The molecular weight excluding hydrogens is 308 g/mol. The van der Waals surface area contributed by atoms with Crippen LogP contribution in [0.2, 0.25) is 0 Å². The first-order valence-electron chi connectivity index (χ1n) is 7.94. The highest BCUT2D eigenvalue weighted by Gasteiger charge is 2.43. The average Bonchev–Trinajstić information content (AvgIpc) is 3.21. The predicted molar refractivity (Wildman–Crippen MR) is 90.4 cm³/mol. The Kier molecular flexibility index (Phi) is 3.71. The maximum atomic E-state index is 13.1. The predicted octanol–water partition coefficient (Wildman–Crippen LogP) is 2.14. The lowest BCUT2D eigenvalue weighted by Gasteiger charge is -2.37. The average molecular weight is 328 g/mol. The summed E-state index contributed by atoms with van der Waals surface area (Å²) >= 11 is 1.65. The first-order valence-corrected chi connectivity index (χ1v) is 8.89. The summed E-state index contributed by atoms with van der Waals surface area (Å²) in [5, 5.41) is 4.12. The van der Waals surface area contributed by atoms with Gasteiger partial charge in [0.1, 0.15) is 11.6 Å². The lowest BCUT2D eigenvalue weighted by Crippen LogP contribution is -2.58. The molecule has 1 unspecified atom stereocenters. The van der Waals surface area contributed by atoms with Crippen LogP contribution in [0.25, 0.3) is 0 Å². The fraction of sp³-hybridized carbons (Fsp3) is 0.389. The number of nitrogens with zero attached hydrogens (tertiary/aromatic N) is 1. The summed E-state index contributed by atoms with van der Waals surface area (Å²) in [6.07, 6.45) is 1.22. The second-order valence-electron chi connectivity index (χ2n) is 6.45. The Bertz CT molecular complexity index is 689. The molecule has 2 aromatic rings. The molecule has 2 aliphatic rings. The van der Waals surface area contributed by atoms with Crippen LogP contribution in [0.3, 0.4) is 0 Å². The van der Waals surface area contributed by atoms with E-state index in [1.54, 1.807) is 11.3 Å². The van der Waals surface area contributed by atoms with E-state index in [0.29, 0.717) is 32.5 Å². The number of hydrogen-bond donors (Lipinski definition) is 1. The van der Waals surface area contributed by atoms with Crippen LogP contribution in [-0.4, -0.2) is 36.0 Å². The van der Waals surface area contributed by atoms with Crippen LogP contribution >= 0.6 is 11.3 Å². The fourth-order valence-corrected chi connectivity index (χ4v) is 4.31. The first kappa shape index (κ1) is 14.9. The van der Waals surface area contributed by atoms with Gasteiger partial charge in [-0.25, -0.2) is 0 Å². The van der Waals surface area contributed by atoms with Gasteiger partial charge in [-0.1, -0.05) is 24.3 Å². The lowest BCUT2D eigenvalue weighted by molar-refractivity contribution is -0.144. The minimum atomic E-state index is -0.805. The van der Waals surface area contributed by atoms with Gasteiger partial charge in [0.25, 0.3) is 0 Å². The Hall–Kier alpha value is -1.69. The van der Waals surface area contributed by atoms with Crippen LogP contribution in [0.1, 0.15) is 22.8 Å². The summed E-state index contributed by atoms with van der Waals surface area (Å²) in [5.41, 5.74) is 9.26. The summed E-state index contributed by atoms with van der Waals surface area (Å²) in [6, 6.07) is 10.2. The van der Waals surface area contributed by atoms with Crippen molar-refractivity contribution >= 4 is 17.2 Å². The van der Waals surface area contributed by atoms with E-state index in [9.17, 15) is 4.79 Å². The number of carbonyl (C=O) groups excluding carboxylic acids is 1. The molecule has 4 nitrogen and oxygen atoms in total. The molecule has 1 amide bonds. The summed E-state index contributed by atoms with van der Waals surface area (Å²) in [6.45, 7) is 1.77. The lowest BCUT2D eigenvalue weighted by atomic mass is 9.94.